The topological polar surface area (TPSA) is 79.3 Å². The van der Waals surface area contributed by atoms with E-state index in [9.17, 15) is 9.59 Å². The van der Waals surface area contributed by atoms with Crippen molar-refractivity contribution in [3.05, 3.63) is 75.3 Å². The number of aromatic amines is 1. The number of hydrogen-bond acceptors (Lipinski definition) is 3. The van der Waals surface area contributed by atoms with Gasteiger partial charge in [-0.05, 0) is 56.5 Å². The van der Waals surface area contributed by atoms with Gasteiger partial charge in [0.05, 0.1) is 23.5 Å². The molecule has 0 saturated carbocycles. The average Bonchev–Trinajstić information content (AvgIpc) is 2.69. The summed E-state index contributed by atoms with van der Waals surface area (Å²) in [6, 6.07) is 13.5. The molecule has 152 valence electrons. The molecule has 0 aliphatic heterocycles. The summed E-state index contributed by atoms with van der Waals surface area (Å²) in [5, 5.41) is 3.66. The first kappa shape index (κ1) is 20.7. The summed E-state index contributed by atoms with van der Waals surface area (Å²) in [7, 11) is 0. The van der Waals surface area contributed by atoms with Gasteiger partial charge < -0.3 is 15.2 Å². The first-order chi connectivity index (χ1) is 13.9. The molecule has 1 aromatic heterocycles. The number of fused-ring (bicyclic) bond motifs is 1. The van der Waals surface area contributed by atoms with Gasteiger partial charge in [0, 0.05) is 0 Å². The second-order valence-corrected chi connectivity index (χ2v) is 7.62. The summed E-state index contributed by atoms with van der Waals surface area (Å²) in [5.41, 5.74) is 4.09. The fraction of sp³-hybridized carbons (Fsp3) is 0.348. The largest absolute Gasteiger partial charge is 0.345 e. The van der Waals surface area contributed by atoms with E-state index in [4.69, 9.17) is 0 Å². The Bertz CT molecular complexity index is 1070. The van der Waals surface area contributed by atoms with Crippen molar-refractivity contribution in [2.24, 2.45) is 0 Å². The highest BCUT2D eigenvalue weighted by Crippen LogP contribution is 2.16. The van der Waals surface area contributed by atoms with Crippen molar-refractivity contribution < 1.29 is 9.69 Å². The molecule has 6 heteroatoms. The molecule has 0 spiro atoms. The van der Waals surface area contributed by atoms with E-state index in [0.717, 1.165) is 17.0 Å². The normalized spacial score (nSPS) is 13.2. The first-order valence-electron chi connectivity index (χ1n) is 10.1. The third-order valence-corrected chi connectivity index (χ3v) is 5.40. The van der Waals surface area contributed by atoms with Gasteiger partial charge >= 0.3 is 0 Å². The zero-order chi connectivity index (χ0) is 21.0. The number of rotatable bonds is 7. The molecule has 0 bridgehead atoms. The van der Waals surface area contributed by atoms with Crippen LogP contribution in [0.5, 0.6) is 0 Å². The minimum absolute atomic E-state index is 0.0179. The van der Waals surface area contributed by atoms with E-state index >= 15 is 0 Å². The van der Waals surface area contributed by atoms with E-state index < -0.39 is 0 Å². The fourth-order valence-corrected chi connectivity index (χ4v) is 3.40. The number of benzene rings is 2. The molecule has 3 aromatic rings. The summed E-state index contributed by atoms with van der Waals surface area (Å²) >= 11 is 0. The van der Waals surface area contributed by atoms with Crippen LogP contribution in [0.3, 0.4) is 0 Å². The van der Waals surface area contributed by atoms with Gasteiger partial charge in [0.1, 0.15) is 6.54 Å². The SMILES string of the molecule is CC[NH+](CC(=O)N[C@@H](C)c1ccc(C)c(C)c1)Cc1nc2ccccc2c(=O)[nH]1. The van der Waals surface area contributed by atoms with Crippen molar-refractivity contribution in [2.75, 3.05) is 13.1 Å². The summed E-state index contributed by atoms with van der Waals surface area (Å²) in [5.74, 6) is 0.580. The van der Waals surface area contributed by atoms with Crippen LogP contribution in [-0.2, 0) is 11.3 Å². The maximum Gasteiger partial charge on any atom is 0.275 e. The number of aromatic nitrogens is 2. The summed E-state index contributed by atoms with van der Waals surface area (Å²) in [4.78, 5) is 33.3. The lowest BCUT2D eigenvalue weighted by molar-refractivity contribution is -0.904. The lowest BCUT2D eigenvalue weighted by atomic mass is 10.0. The molecule has 1 unspecified atom stereocenters. The molecule has 0 fully saturated rings. The second-order valence-electron chi connectivity index (χ2n) is 7.62. The smallest absolute Gasteiger partial charge is 0.275 e. The summed E-state index contributed by atoms with van der Waals surface area (Å²) < 4.78 is 0. The molecule has 0 radical (unpaired) electrons. The van der Waals surface area contributed by atoms with E-state index in [0.29, 0.717) is 29.8 Å². The zero-order valence-electron chi connectivity index (χ0n) is 17.5. The Morgan fingerprint density at radius 1 is 1.17 bits per heavy atom. The van der Waals surface area contributed by atoms with Crippen LogP contribution in [0.1, 0.15) is 42.4 Å². The molecular weight excluding hydrogens is 364 g/mol. The maximum absolute atomic E-state index is 12.6. The Labute approximate surface area is 171 Å². The van der Waals surface area contributed by atoms with Crippen molar-refractivity contribution in [3.8, 4) is 0 Å². The predicted octanol–water partition coefficient (Wildman–Crippen LogP) is 1.82. The molecule has 2 aromatic carbocycles. The number of H-pyrrole nitrogens is 1. The van der Waals surface area contributed by atoms with Crippen LogP contribution in [-0.4, -0.2) is 29.0 Å². The highest BCUT2D eigenvalue weighted by molar-refractivity contribution is 5.77. The van der Waals surface area contributed by atoms with Gasteiger partial charge in [-0.2, -0.15) is 0 Å². The number of carbonyl (C=O) groups excluding carboxylic acids is 1. The molecule has 0 aliphatic rings. The molecule has 2 atom stereocenters. The maximum atomic E-state index is 12.6. The molecule has 3 N–H and O–H groups in total. The standard InChI is InChI=1S/C23H28N4O2/c1-5-27(13-21-25-20-9-7-6-8-19(20)23(29)26-21)14-22(28)24-17(4)18-11-10-15(2)16(3)12-18/h6-12,17H,5,13-14H2,1-4H3,(H,24,28)(H,25,26,29)/p+1/t17-/m0/s1. The zero-order valence-corrected chi connectivity index (χ0v) is 17.5. The Morgan fingerprint density at radius 3 is 2.66 bits per heavy atom. The lowest BCUT2D eigenvalue weighted by Gasteiger charge is -2.20. The Morgan fingerprint density at radius 2 is 1.93 bits per heavy atom. The van der Waals surface area contributed by atoms with Gasteiger partial charge in [0.25, 0.3) is 11.5 Å². The predicted molar refractivity (Wildman–Crippen MR) is 115 cm³/mol. The van der Waals surface area contributed by atoms with E-state index in [1.54, 1.807) is 6.07 Å². The number of nitrogens with one attached hydrogen (secondary N) is 3. The van der Waals surface area contributed by atoms with Crippen LogP contribution in [0.15, 0.2) is 47.3 Å². The van der Waals surface area contributed by atoms with Gasteiger partial charge in [-0.15, -0.1) is 0 Å². The number of hydrogen-bond donors (Lipinski definition) is 3. The third-order valence-electron chi connectivity index (χ3n) is 5.40. The summed E-state index contributed by atoms with van der Waals surface area (Å²) in [6.45, 7) is 9.74. The average molecular weight is 394 g/mol. The highest BCUT2D eigenvalue weighted by atomic mass is 16.2. The van der Waals surface area contributed by atoms with Gasteiger partial charge in [-0.25, -0.2) is 4.98 Å². The Hall–Kier alpha value is -2.99. The fourth-order valence-electron chi connectivity index (χ4n) is 3.40. The number of carbonyl (C=O) groups is 1. The van der Waals surface area contributed by atoms with Crippen molar-refractivity contribution >= 4 is 16.8 Å². The van der Waals surface area contributed by atoms with Crippen LogP contribution in [0.25, 0.3) is 10.9 Å². The molecule has 1 heterocycles. The second kappa shape index (κ2) is 9.01. The van der Waals surface area contributed by atoms with Crippen molar-refractivity contribution in [3.63, 3.8) is 0 Å². The minimum atomic E-state index is -0.145. The Balaban J connectivity index is 1.65. The first-order valence-corrected chi connectivity index (χ1v) is 10.1. The van der Waals surface area contributed by atoms with Crippen molar-refractivity contribution in [1.82, 2.24) is 15.3 Å². The number of likely N-dealkylation sites (N-methyl/N-ethyl adjacent to an activating group) is 1. The number of amides is 1. The highest BCUT2D eigenvalue weighted by Gasteiger charge is 2.17. The molecule has 29 heavy (non-hydrogen) atoms. The molecule has 6 nitrogen and oxygen atoms in total. The van der Waals surface area contributed by atoms with Crippen LogP contribution < -0.4 is 15.8 Å². The number of para-hydroxylation sites is 1. The summed E-state index contributed by atoms with van der Waals surface area (Å²) in [6.07, 6.45) is 0. The van der Waals surface area contributed by atoms with Crippen molar-refractivity contribution in [2.45, 2.75) is 40.3 Å². The number of quaternary nitrogens is 1. The van der Waals surface area contributed by atoms with Crippen LogP contribution in [0, 0.1) is 13.8 Å². The van der Waals surface area contributed by atoms with Gasteiger partial charge in [0.2, 0.25) is 0 Å². The van der Waals surface area contributed by atoms with Crippen molar-refractivity contribution in [1.29, 1.82) is 0 Å². The van der Waals surface area contributed by atoms with E-state index in [1.807, 2.05) is 32.0 Å². The number of nitrogens with zero attached hydrogens (tertiary/aromatic N) is 1. The lowest BCUT2D eigenvalue weighted by Crippen LogP contribution is -3.11. The number of aryl methyl sites for hydroxylation is 2. The third kappa shape index (κ3) is 5.09. The molecule has 0 saturated heterocycles. The van der Waals surface area contributed by atoms with Crippen LogP contribution in [0.4, 0.5) is 0 Å². The molecule has 1 amide bonds. The van der Waals surface area contributed by atoms with E-state index in [1.165, 1.54) is 11.1 Å². The van der Waals surface area contributed by atoms with Gasteiger partial charge in [0.15, 0.2) is 12.4 Å². The Kier molecular flexibility index (Phi) is 6.44. The van der Waals surface area contributed by atoms with Crippen LogP contribution >= 0.6 is 0 Å². The molecule has 0 aliphatic carbocycles. The minimum Gasteiger partial charge on any atom is -0.345 e. The van der Waals surface area contributed by atoms with Gasteiger partial charge in [-0.3, -0.25) is 9.59 Å². The quantitative estimate of drug-likeness (QED) is 0.573. The molecular formula is C23H29N4O2+. The monoisotopic (exact) mass is 393 g/mol. The molecule has 3 rings (SSSR count). The van der Waals surface area contributed by atoms with E-state index in [2.05, 4.69) is 47.3 Å². The van der Waals surface area contributed by atoms with Crippen LogP contribution in [0.2, 0.25) is 0 Å². The van der Waals surface area contributed by atoms with E-state index in [-0.39, 0.29) is 17.5 Å². The van der Waals surface area contributed by atoms with Gasteiger partial charge in [-0.1, -0.05) is 30.3 Å².